The zero-order valence-electron chi connectivity index (χ0n) is 9.78. The van der Waals surface area contributed by atoms with Crippen molar-refractivity contribution < 1.29 is 4.74 Å². The van der Waals surface area contributed by atoms with Crippen LogP contribution in [0, 0.1) is 0 Å². The van der Waals surface area contributed by atoms with Crippen LogP contribution in [-0.2, 0) is 6.54 Å². The van der Waals surface area contributed by atoms with Gasteiger partial charge in [-0.15, -0.1) is 0 Å². The molecule has 0 atom stereocenters. The lowest BCUT2D eigenvalue weighted by Gasteiger charge is -2.09. The fraction of sp³-hybridized carbons (Fsp3) is 0.154. The molecule has 1 heterocycles. The third kappa shape index (κ3) is 3.13. The fourth-order valence-electron chi connectivity index (χ4n) is 1.49. The molecule has 0 aliphatic heterocycles. The van der Waals surface area contributed by atoms with E-state index < -0.39 is 0 Å². The second-order valence-electron chi connectivity index (χ2n) is 3.68. The predicted molar refractivity (Wildman–Crippen MR) is 73.5 cm³/mol. The summed E-state index contributed by atoms with van der Waals surface area (Å²) in [5, 5.41) is 4.02. The van der Waals surface area contributed by atoms with Crippen LogP contribution in [0.3, 0.4) is 0 Å². The van der Waals surface area contributed by atoms with E-state index in [1.54, 1.807) is 24.4 Å². The quantitative estimate of drug-likeness (QED) is 0.924. The van der Waals surface area contributed by atoms with Gasteiger partial charge in [0.25, 0.3) is 0 Å². The molecule has 0 aliphatic rings. The Hall–Kier alpha value is -1.29. The van der Waals surface area contributed by atoms with Gasteiger partial charge in [0, 0.05) is 24.4 Å². The maximum atomic E-state index is 5.94. The number of benzene rings is 1. The highest BCUT2D eigenvalue weighted by Gasteiger charge is 2.06. The Bertz CT molecular complexity index is 546. The number of nitrogens with zero attached hydrogens (tertiary/aromatic N) is 1. The molecule has 0 unspecified atom stereocenters. The van der Waals surface area contributed by atoms with Crippen LogP contribution in [0.1, 0.15) is 5.56 Å². The Morgan fingerprint density at radius 1 is 1.22 bits per heavy atom. The van der Waals surface area contributed by atoms with E-state index in [9.17, 15) is 0 Å². The number of pyridine rings is 1. The van der Waals surface area contributed by atoms with Crippen molar-refractivity contribution in [3.63, 3.8) is 0 Å². The van der Waals surface area contributed by atoms with Gasteiger partial charge < -0.3 is 10.1 Å². The van der Waals surface area contributed by atoms with Crippen LogP contribution in [0.2, 0.25) is 10.0 Å². The second kappa shape index (κ2) is 6.05. The maximum absolute atomic E-state index is 5.94. The molecule has 0 saturated heterocycles. The predicted octanol–water partition coefficient (Wildman–Crippen LogP) is 3.90. The summed E-state index contributed by atoms with van der Waals surface area (Å²) < 4.78 is 5.70. The first kappa shape index (κ1) is 13.1. The van der Waals surface area contributed by atoms with Crippen LogP contribution in [0.5, 0.6) is 11.6 Å². The van der Waals surface area contributed by atoms with Crippen LogP contribution in [0.15, 0.2) is 36.5 Å². The van der Waals surface area contributed by atoms with Crippen molar-refractivity contribution in [2.24, 2.45) is 0 Å². The minimum absolute atomic E-state index is 0.459. The van der Waals surface area contributed by atoms with E-state index >= 15 is 0 Å². The van der Waals surface area contributed by atoms with Gasteiger partial charge >= 0.3 is 0 Å². The normalized spacial score (nSPS) is 10.4. The average molecular weight is 283 g/mol. The van der Waals surface area contributed by atoms with Crippen molar-refractivity contribution in [1.29, 1.82) is 0 Å². The van der Waals surface area contributed by atoms with Gasteiger partial charge in [-0.05, 0) is 25.2 Å². The molecule has 0 amide bonds. The lowest BCUT2D eigenvalue weighted by atomic mass is 10.2. The van der Waals surface area contributed by atoms with E-state index in [0.717, 1.165) is 5.56 Å². The summed E-state index contributed by atoms with van der Waals surface area (Å²) in [5.41, 5.74) is 0.978. The van der Waals surface area contributed by atoms with Gasteiger partial charge in [0.05, 0.1) is 10.0 Å². The highest BCUT2D eigenvalue weighted by Crippen LogP contribution is 2.29. The smallest absolute Gasteiger partial charge is 0.223 e. The summed E-state index contributed by atoms with van der Waals surface area (Å²) in [6.07, 6.45) is 1.69. The van der Waals surface area contributed by atoms with Crippen LogP contribution in [0.25, 0.3) is 0 Å². The summed E-state index contributed by atoms with van der Waals surface area (Å²) >= 11 is 11.8. The number of hydrogen-bond acceptors (Lipinski definition) is 3. The second-order valence-corrected chi connectivity index (χ2v) is 4.49. The molecule has 5 heteroatoms. The van der Waals surface area contributed by atoms with Gasteiger partial charge in [0.15, 0.2) is 0 Å². The standard InChI is InChI=1S/C13H12Cl2N2O/c1-16-8-9-3-2-6-17-13(9)18-10-4-5-11(14)12(15)7-10/h2-7,16H,8H2,1H3. The summed E-state index contributed by atoms with van der Waals surface area (Å²) in [4.78, 5) is 4.21. The molecule has 3 nitrogen and oxygen atoms in total. The Morgan fingerprint density at radius 3 is 2.78 bits per heavy atom. The van der Waals surface area contributed by atoms with E-state index in [1.807, 2.05) is 19.2 Å². The van der Waals surface area contributed by atoms with Gasteiger partial charge in [-0.1, -0.05) is 29.3 Å². The molecule has 1 aromatic carbocycles. The van der Waals surface area contributed by atoms with Gasteiger partial charge in [0.1, 0.15) is 5.75 Å². The topological polar surface area (TPSA) is 34.2 Å². The average Bonchev–Trinajstić information content (AvgIpc) is 2.37. The summed E-state index contributed by atoms with van der Waals surface area (Å²) in [5.74, 6) is 1.17. The van der Waals surface area contributed by atoms with E-state index in [4.69, 9.17) is 27.9 Å². The lowest BCUT2D eigenvalue weighted by molar-refractivity contribution is 0.454. The minimum atomic E-state index is 0.459. The van der Waals surface area contributed by atoms with Crippen LogP contribution in [0.4, 0.5) is 0 Å². The highest BCUT2D eigenvalue weighted by atomic mass is 35.5. The molecule has 0 aliphatic carbocycles. The van der Waals surface area contributed by atoms with Crippen molar-refractivity contribution in [2.75, 3.05) is 7.05 Å². The number of nitrogens with one attached hydrogen (secondary N) is 1. The third-order valence-electron chi connectivity index (χ3n) is 2.32. The Labute approximate surface area is 116 Å². The molecule has 94 valence electrons. The first-order valence-electron chi connectivity index (χ1n) is 5.42. The van der Waals surface area contributed by atoms with Crippen molar-refractivity contribution >= 4 is 23.2 Å². The van der Waals surface area contributed by atoms with Gasteiger partial charge in [0.2, 0.25) is 5.88 Å². The van der Waals surface area contributed by atoms with E-state index in [2.05, 4.69) is 10.3 Å². The number of halogens is 2. The molecular formula is C13H12Cl2N2O. The summed E-state index contributed by atoms with van der Waals surface area (Å²) in [6.45, 7) is 0.685. The molecule has 0 saturated carbocycles. The largest absolute Gasteiger partial charge is 0.439 e. The number of hydrogen-bond donors (Lipinski definition) is 1. The van der Waals surface area contributed by atoms with Gasteiger partial charge in [-0.25, -0.2) is 4.98 Å². The molecule has 0 bridgehead atoms. The molecule has 0 radical (unpaired) electrons. The number of ether oxygens (including phenoxy) is 1. The fourth-order valence-corrected chi connectivity index (χ4v) is 1.78. The zero-order chi connectivity index (χ0) is 13.0. The monoisotopic (exact) mass is 282 g/mol. The summed E-state index contributed by atoms with van der Waals surface area (Å²) in [7, 11) is 1.87. The molecule has 0 fully saturated rings. The van der Waals surface area contributed by atoms with Crippen molar-refractivity contribution in [3.8, 4) is 11.6 Å². The lowest BCUT2D eigenvalue weighted by Crippen LogP contribution is -2.07. The molecule has 0 spiro atoms. The maximum Gasteiger partial charge on any atom is 0.223 e. The molecular weight excluding hydrogens is 271 g/mol. The van der Waals surface area contributed by atoms with Crippen LogP contribution in [-0.4, -0.2) is 12.0 Å². The Kier molecular flexibility index (Phi) is 4.42. The van der Waals surface area contributed by atoms with E-state index in [1.165, 1.54) is 0 Å². The summed E-state index contributed by atoms with van der Waals surface area (Å²) in [6, 6.07) is 8.94. The van der Waals surface area contributed by atoms with Crippen molar-refractivity contribution in [2.45, 2.75) is 6.54 Å². The first-order valence-corrected chi connectivity index (χ1v) is 6.17. The third-order valence-corrected chi connectivity index (χ3v) is 3.06. The molecule has 2 rings (SSSR count). The van der Waals surface area contributed by atoms with Crippen molar-refractivity contribution in [3.05, 3.63) is 52.1 Å². The SMILES string of the molecule is CNCc1cccnc1Oc1ccc(Cl)c(Cl)c1. The highest BCUT2D eigenvalue weighted by molar-refractivity contribution is 6.42. The molecule has 2 aromatic rings. The Balaban J connectivity index is 2.25. The van der Waals surface area contributed by atoms with Crippen LogP contribution < -0.4 is 10.1 Å². The van der Waals surface area contributed by atoms with Crippen molar-refractivity contribution in [1.82, 2.24) is 10.3 Å². The van der Waals surface area contributed by atoms with Gasteiger partial charge in [-0.3, -0.25) is 0 Å². The van der Waals surface area contributed by atoms with E-state index in [0.29, 0.717) is 28.2 Å². The number of rotatable bonds is 4. The molecule has 1 N–H and O–H groups in total. The van der Waals surface area contributed by atoms with E-state index in [-0.39, 0.29) is 0 Å². The van der Waals surface area contributed by atoms with Crippen LogP contribution >= 0.6 is 23.2 Å². The first-order chi connectivity index (χ1) is 8.70. The Morgan fingerprint density at radius 2 is 2.06 bits per heavy atom. The molecule has 18 heavy (non-hydrogen) atoms. The zero-order valence-corrected chi connectivity index (χ0v) is 11.3. The minimum Gasteiger partial charge on any atom is -0.439 e. The molecule has 1 aromatic heterocycles. The van der Waals surface area contributed by atoms with Gasteiger partial charge in [-0.2, -0.15) is 0 Å². The number of aromatic nitrogens is 1.